The van der Waals surface area contributed by atoms with Crippen LogP contribution < -0.4 is 5.32 Å². The third-order valence-corrected chi connectivity index (χ3v) is 8.66. The first-order chi connectivity index (χ1) is 16.0. The van der Waals surface area contributed by atoms with E-state index in [1.54, 1.807) is 34.3 Å². The van der Waals surface area contributed by atoms with Gasteiger partial charge in [-0.05, 0) is 43.1 Å². The second-order valence-corrected chi connectivity index (χ2v) is 11.4. The molecule has 8 nitrogen and oxygen atoms in total. The predicted octanol–water partition coefficient (Wildman–Crippen LogP) is 3.66. The van der Waals surface area contributed by atoms with Crippen LogP contribution in [0.2, 0.25) is 0 Å². The Morgan fingerprint density at radius 2 is 2.00 bits per heavy atom. The molecule has 10 heteroatoms. The van der Waals surface area contributed by atoms with Gasteiger partial charge in [-0.2, -0.15) is 0 Å². The van der Waals surface area contributed by atoms with E-state index in [0.29, 0.717) is 17.8 Å². The van der Waals surface area contributed by atoms with Gasteiger partial charge in [0.1, 0.15) is 12.1 Å². The highest BCUT2D eigenvalue weighted by Crippen LogP contribution is 2.47. The lowest BCUT2D eigenvalue weighted by Gasteiger charge is -2.34. The molecule has 2 aromatic rings. The van der Waals surface area contributed by atoms with E-state index in [2.05, 4.69) is 5.32 Å². The van der Waals surface area contributed by atoms with E-state index in [1.807, 2.05) is 44.2 Å². The number of benzene rings is 1. The number of amides is 2. The molecule has 2 fully saturated rings. The van der Waals surface area contributed by atoms with E-state index in [4.69, 9.17) is 12.2 Å². The molecule has 0 spiro atoms. The number of hydrogen-bond acceptors (Lipinski definition) is 5. The number of nitrogens with zero attached hydrogens (tertiary/aromatic N) is 3. The van der Waals surface area contributed by atoms with Gasteiger partial charge in [-0.3, -0.25) is 14.2 Å². The fourth-order valence-electron chi connectivity index (χ4n) is 4.86. The first-order valence-corrected chi connectivity index (χ1v) is 12.8. The first kappa shape index (κ1) is 24.5. The number of carboxylic acid groups (broad SMARTS) is 1. The highest BCUT2D eigenvalue weighted by molar-refractivity contribution is 7.99. The Hall–Kier alpha value is -2.59. The van der Waals surface area contributed by atoms with Gasteiger partial charge in [0.15, 0.2) is 0 Å². The Morgan fingerprint density at radius 1 is 1.29 bits per heavy atom. The topological polar surface area (TPSA) is 94.9 Å². The van der Waals surface area contributed by atoms with Crippen molar-refractivity contribution in [3.05, 3.63) is 36.5 Å². The van der Waals surface area contributed by atoms with Crippen LogP contribution in [0.3, 0.4) is 0 Å². The molecular formula is C24H30N4O4S2. The molecule has 2 aliphatic heterocycles. The van der Waals surface area contributed by atoms with Crippen LogP contribution in [0, 0.1) is 5.41 Å². The minimum atomic E-state index is -1.09. The molecule has 1 aromatic heterocycles. The number of likely N-dealkylation sites (N-methyl/N-ethyl adjacent to an activating group) is 1. The highest BCUT2D eigenvalue weighted by atomic mass is 32.2. The van der Waals surface area contributed by atoms with E-state index in [-0.39, 0.29) is 17.2 Å². The molecule has 2 amide bonds. The maximum atomic E-state index is 13.9. The smallest absolute Gasteiger partial charge is 0.407 e. The van der Waals surface area contributed by atoms with Crippen molar-refractivity contribution in [3.8, 4) is 0 Å². The number of carbonyl (C=O) groups is 3. The molecule has 0 bridgehead atoms. The molecule has 4 rings (SSSR count). The second-order valence-electron chi connectivity index (χ2n) is 9.67. The zero-order valence-electron chi connectivity index (χ0n) is 19.7. The van der Waals surface area contributed by atoms with Crippen molar-refractivity contribution >= 4 is 57.8 Å². The highest BCUT2D eigenvalue weighted by Gasteiger charge is 2.54. The van der Waals surface area contributed by atoms with Gasteiger partial charge in [0.2, 0.25) is 5.91 Å². The quantitative estimate of drug-likeness (QED) is 0.616. The number of thioether (sulfide) groups is 1. The number of fused-ring (bicyclic) bond motifs is 2. The van der Waals surface area contributed by atoms with E-state index in [1.165, 1.54) is 7.05 Å². The summed E-state index contributed by atoms with van der Waals surface area (Å²) in [5.74, 6) is 0.451. The van der Waals surface area contributed by atoms with Gasteiger partial charge in [0, 0.05) is 18.6 Å². The number of carbonyl (C=O) groups excluding carboxylic acids is 2. The molecular weight excluding hydrogens is 472 g/mol. The van der Waals surface area contributed by atoms with Gasteiger partial charge in [-0.1, -0.05) is 44.3 Å². The molecule has 2 aliphatic rings. The van der Waals surface area contributed by atoms with Gasteiger partial charge in [0.25, 0.3) is 5.91 Å². The molecule has 3 heterocycles. The summed E-state index contributed by atoms with van der Waals surface area (Å²) in [5, 5.41) is 13.3. The maximum Gasteiger partial charge on any atom is 0.407 e. The number of aromatic nitrogens is 1. The molecule has 1 aromatic carbocycles. The van der Waals surface area contributed by atoms with Crippen LogP contribution in [-0.4, -0.2) is 78.7 Å². The van der Waals surface area contributed by atoms with Crippen LogP contribution in [0.5, 0.6) is 0 Å². The number of para-hydroxylation sites is 1. The normalized spacial score (nSPS) is 24.9. The third-order valence-electron chi connectivity index (χ3n) is 6.95. The summed E-state index contributed by atoms with van der Waals surface area (Å²) in [6.45, 7) is 5.77. The lowest BCUT2D eigenvalue weighted by Crippen LogP contribution is -2.56. The summed E-state index contributed by atoms with van der Waals surface area (Å²) in [7, 11) is 1.45. The number of hydrogen-bond donors (Lipinski definition) is 2. The molecule has 182 valence electrons. The van der Waals surface area contributed by atoms with E-state index >= 15 is 0 Å². The Morgan fingerprint density at radius 3 is 2.71 bits per heavy atom. The van der Waals surface area contributed by atoms with Gasteiger partial charge >= 0.3 is 6.09 Å². The second kappa shape index (κ2) is 9.22. The molecule has 2 N–H and O–H groups in total. The standard InChI is InChI=1S/C24H30N4O4S2/c1-14(26(4)23(31)32)20(33)25-16-10-12-34-18-13-24(2,3)19(28(18)21(16)29)22(30)27-11-9-15-7-5-6-8-17(15)27/h5-9,11,14,16,18-19H,10,12-13H2,1-4H3,(H,25,33)(H,31,32)/t14-,16-,18-,19-/m0/s1. The minimum absolute atomic E-state index is 0.0993. The number of rotatable bonds is 4. The Bertz CT molecular complexity index is 1150. The van der Waals surface area contributed by atoms with Crippen LogP contribution >= 0.6 is 24.0 Å². The van der Waals surface area contributed by atoms with Crippen molar-refractivity contribution in [3.63, 3.8) is 0 Å². The van der Waals surface area contributed by atoms with Crippen LogP contribution in [-0.2, 0) is 4.79 Å². The van der Waals surface area contributed by atoms with Gasteiger partial charge in [-0.25, -0.2) is 4.79 Å². The fraction of sp³-hybridized carbons (Fsp3) is 0.500. The van der Waals surface area contributed by atoms with Crippen molar-refractivity contribution < 1.29 is 19.5 Å². The van der Waals surface area contributed by atoms with Crippen LogP contribution in [0.25, 0.3) is 10.9 Å². The molecule has 2 saturated heterocycles. The predicted molar refractivity (Wildman–Crippen MR) is 137 cm³/mol. The van der Waals surface area contributed by atoms with Gasteiger partial charge < -0.3 is 20.2 Å². The van der Waals surface area contributed by atoms with Crippen molar-refractivity contribution in [1.82, 2.24) is 19.7 Å². The van der Waals surface area contributed by atoms with Crippen molar-refractivity contribution in [2.45, 2.75) is 57.1 Å². The summed E-state index contributed by atoms with van der Waals surface area (Å²) in [5.41, 5.74) is 0.415. The Labute approximate surface area is 208 Å². The van der Waals surface area contributed by atoms with Crippen LogP contribution in [0.4, 0.5) is 4.79 Å². The number of nitrogens with one attached hydrogen (secondary N) is 1. The molecule has 0 aliphatic carbocycles. The zero-order valence-corrected chi connectivity index (χ0v) is 21.4. The van der Waals surface area contributed by atoms with Crippen LogP contribution in [0.1, 0.15) is 38.4 Å². The van der Waals surface area contributed by atoms with Crippen molar-refractivity contribution in [2.24, 2.45) is 5.41 Å². The van der Waals surface area contributed by atoms with Crippen molar-refractivity contribution in [2.75, 3.05) is 12.8 Å². The fourth-order valence-corrected chi connectivity index (χ4v) is 6.74. The third kappa shape index (κ3) is 4.29. The van der Waals surface area contributed by atoms with Crippen molar-refractivity contribution in [1.29, 1.82) is 0 Å². The summed E-state index contributed by atoms with van der Waals surface area (Å²) in [6.07, 6.45) is 1.95. The number of thiocarbonyl (C=S) groups is 1. The van der Waals surface area contributed by atoms with E-state index in [9.17, 15) is 19.5 Å². The average Bonchev–Trinajstić information content (AvgIpc) is 3.30. The molecule has 0 saturated carbocycles. The first-order valence-electron chi connectivity index (χ1n) is 11.3. The molecule has 34 heavy (non-hydrogen) atoms. The molecule has 0 unspecified atom stereocenters. The summed E-state index contributed by atoms with van der Waals surface area (Å²) in [4.78, 5) is 42.2. The monoisotopic (exact) mass is 502 g/mol. The average molecular weight is 503 g/mol. The summed E-state index contributed by atoms with van der Waals surface area (Å²) < 4.78 is 1.66. The SMILES string of the molecule is C[C@@H](C(=S)N[C@H]1CCS[C@H]2CC(C)(C)[C@H](C(=O)n3ccc4ccccc43)N2C1=O)N(C)C(=O)O. The summed E-state index contributed by atoms with van der Waals surface area (Å²) in [6, 6.07) is 7.81. The summed E-state index contributed by atoms with van der Waals surface area (Å²) >= 11 is 7.14. The maximum absolute atomic E-state index is 13.9. The van der Waals surface area contributed by atoms with E-state index in [0.717, 1.165) is 21.6 Å². The largest absolute Gasteiger partial charge is 0.465 e. The van der Waals surface area contributed by atoms with Gasteiger partial charge in [-0.15, -0.1) is 11.8 Å². The van der Waals surface area contributed by atoms with Gasteiger partial charge in [0.05, 0.1) is 21.9 Å². The Kier molecular flexibility index (Phi) is 6.65. The lowest BCUT2D eigenvalue weighted by molar-refractivity contribution is -0.134. The van der Waals surface area contributed by atoms with Crippen LogP contribution in [0.15, 0.2) is 36.5 Å². The Balaban J connectivity index is 1.63. The molecule has 4 atom stereocenters. The van der Waals surface area contributed by atoms with E-state index < -0.39 is 29.6 Å². The zero-order chi connectivity index (χ0) is 24.8. The lowest BCUT2D eigenvalue weighted by atomic mass is 9.84. The molecule has 0 radical (unpaired) electrons. The minimum Gasteiger partial charge on any atom is -0.465 e.